The van der Waals surface area contributed by atoms with Crippen molar-refractivity contribution in [2.75, 3.05) is 43.8 Å². The number of hydrogen-bond acceptors (Lipinski definition) is 7. The zero-order valence-corrected chi connectivity index (χ0v) is 21.5. The minimum atomic E-state index is -0.101. The van der Waals surface area contributed by atoms with E-state index in [0.29, 0.717) is 23.3 Å². The molecule has 8 nitrogen and oxygen atoms in total. The van der Waals surface area contributed by atoms with Gasteiger partial charge in [-0.15, -0.1) is 0 Å². The molecule has 8 heteroatoms. The maximum atomic E-state index is 13.3. The predicted molar refractivity (Wildman–Crippen MR) is 146 cm³/mol. The molecule has 3 heterocycles. The Balaban J connectivity index is 1.23. The highest BCUT2D eigenvalue weighted by Crippen LogP contribution is 2.24. The number of hydrogen-bond donors (Lipinski definition) is 2. The van der Waals surface area contributed by atoms with Crippen LogP contribution in [0, 0.1) is 0 Å². The van der Waals surface area contributed by atoms with Crippen LogP contribution in [0.1, 0.15) is 56.6 Å². The Kier molecular flexibility index (Phi) is 7.82. The lowest BCUT2D eigenvalue weighted by molar-refractivity contribution is 0.0937. The topological polar surface area (TPSA) is 92.3 Å². The SMILES string of the molecule is CCCCNc1nc(N)nc2ccn(Cc3ccc(CN4CCN(C5CCCC5)CC4)cc3)c(=O)c12. The molecule has 0 bridgehead atoms. The van der Waals surface area contributed by atoms with Crippen LogP contribution in [0.2, 0.25) is 0 Å². The van der Waals surface area contributed by atoms with Crippen molar-refractivity contribution in [1.29, 1.82) is 0 Å². The van der Waals surface area contributed by atoms with Crippen LogP contribution in [0.4, 0.5) is 11.8 Å². The van der Waals surface area contributed by atoms with Crippen LogP contribution in [0.3, 0.4) is 0 Å². The Bertz CT molecular complexity index is 1210. The summed E-state index contributed by atoms with van der Waals surface area (Å²) < 4.78 is 1.73. The Morgan fingerprint density at radius 1 is 0.972 bits per heavy atom. The van der Waals surface area contributed by atoms with E-state index in [0.717, 1.165) is 50.6 Å². The van der Waals surface area contributed by atoms with Gasteiger partial charge in [-0.3, -0.25) is 14.6 Å². The number of fused-ring (bicyclic) bond motifs is 1. The minimum Gasteiger partial charge on any atom is -0.369 e. The molecule has 36 heavy (non-hydrogen) atoms. The van der Waals surface area contributed by atoms with E-state index in [-0.39, 0.29) is 11.5 Å². The molecule has 0 radical (unpaired) electrons. The molecule has 1 saturated carbocycles. The monoisotopic (exact) mass is 489 g/mol. The fraction of sp³-hybridized carbons (Fsp3) is 0.536. The predicted octanol–water partition coefficient (Wildman–Crippen LogP) is 3.69. The molecule has 1 aliphatic heterocycles. The first-order chi connectivity index (χ1) is 17.6. The van der Waals surface area contributed by atoms with Gasteiger partial charge in [0.25, 0.3) is 5.56 Å². The number of benzene rings is 1. The number of unbranched alkanes of at least 4 members (excludes halogenated alkanes) is 1. The van der Waals surface area contributed by atoms with Crippen molar-refractivity contribution < 1.29 is 0 Å². The molecule has 3 aromatic rings. The van der Waals surface area contributed by atoms with Crippen molar-refractivity contribution in [1.82, 2.24) is 24.3 Å². The number of nitrogens with one attached hydrogen (secondary N) is 1. The van der Waals surface area contributed by atoms with Crippen molar-refractivity contribution in [2.24, 2.45) is 0 Å². The van der Waals surface area contributed by atoms with E-state index >= 15 is 0 Å². The molecule has 5 rings (SSSR count). The molecule has 3 N–H and O–H groups in total. The van der Waals surface area contributed by atoms with Gasteiger partial charge in [-0.05, 0) is 36.5 Å². The molecular weight excluding hydrogens is 450 g/mol. The summed E-state index contributed by atoms with van der Waals surface area (Å²) in [5.74, 6) is 0.697. The lowest BCUT2D eigenvalue weighted by Gasteiger charge is -2.38. The van der Waals surface area contributed by atoms with E-state index in [1.165, 1.54) is 44.3 Å². The number of pyridine rings is 1. The van der Waals surface area contributed by atoms with E-state index < -0.39 is 0 Å². The van der Waals surface area contributed by atoms with Gasteiger partial charge in [-0.1, -0.05) is 50.5 Å². The zero-order chi connectivity index (χ0) is 24.9. The highest BCUT2D eigenvalue weighted by molar-refractivity contribution is 5.89. The van der Waals surface area contributed by atoms with E-state index in [9.17, 15) is 4.79 Å². The number of nitrogens with two attached hydrogens (primary N) is 1. The first-order valence-electron chi connectivity index (χ1n) is 13.6. The third kappa shape index (κ3) is 5.71. The summed E-state index contributed by atoms with van der Waals surface area (Å²) in [4.78, 5) is 27.2. The second-order valence-electron chi connectivity index (χ2n) is 10.3. The third-order valence-electron chi connectivity index (χ3n) is 7.69. The van der Waals surface area contributed by atoms with Gasteiger partial charge in [0.2, 0.25) is 5.95 Å². The van der Waals surface area contributed by atoms with Crippen LogP contribution < -0.4 is 16.6 Å². The summed E-state index contributed by atoms with van der Waals surface area (Å²) in [7, 11) is 0. The van der Waals surface area contributed by atoms with Crippen molar-refractivity contribution in [2.45, 2.75) is 64.6 Å². The standard InChI is InChI=1S/C28H39N7O/c1-2-3-13-30-26-25-24(31-28(29)32-26)12-14-35(27(25)36)20-22-10-8-21(9-11-22)19-33-15-17-34(18-16-33)23-6-4-5-7-23/h8-12,14,23H,2-7,13,15-20H2,1H3,(H3,29,30,31,32). The average molecular weight is 490 g/mol. The largest absolute Gasteiger partial charge is 0.369 e. The Labute approximate surface area is 213 Å². The van der Waals surface area contributed by atoms with Gasteiger partial charge in [-0.2, -0.15) is 4.98 Å². The third-order valence-corrected chi connectivity index (χ3v) is 7.69. The second kappa shape index (κ2) is 11.4. The van der Waals surface area contributed by atoms with Gasteiger partial charge in [-0.25, -0.2) is 4.98 Å². The van der Waals surface area contributed by atoms with Crippen molar-refractivity contribution in [3.63, 3.8) is 0 Å². The number of nitrogens with zero attached hydrogens (tertiary/aromatic N) is 5. The number of piperazine rings is 1. The molecule has 0 unspecified atom stereocenters. The molecule has 2 aliphatic rings. The van der Waals surface area contributed by atoms with Crippen LogP contribution in [0.25, 0.3) is 10.9 Å². The van der Waals surface area contributed by atoms with Gasteiger partial charge < -0.3 is 15.6 Å². The van der Waals surface area contributed by atoms with Crippen LogP contribution >= 0.6 is 0 Å². The molecule has 1 aromatic carbocycles. The number of nitrogen functional groups attached to an aromatic ring is 1. The van der Waals surface area contributed by atoms with Gasteiger partial charge in [0.05, 0.1) is 12.1 Å². The number of aromatic nitrogens is 3. The highest BCUT2D eigenvalue weighted by Gasteiger charge is 2.26. The Hall–Kier alpha value is -2.97. The van der Waals surface area contributed by atoms with Crippen LogP contribution in [-0.2, 0) is 13.1 Å². The first-order valence-corrected chi connectivity index (χ1v) is 13.6. The van der Waals surface area contributed by atoms with Crippen molar-refractivity contribution in [3.8, 4) is 0 Å². The summed E-state index contributed by atoms with van der Waals surface area (Å²) in [5.41, 5.74) is 8.78. The van der Waals surface area contributed by atoms with Gasteiger partial charge in [0.15, 0.2) is 0 Å². The fourth-order valence-corrected chi connectivity index (χ4v) is 5.60. The first kappa shape index (κ1) is 24.7. The van der Waals surface area contributed by atoms with E-state index in [2.05, 4.69) is 56.3 Å². The zero-order valence-electron chi connectivity index (χ0n) is 21.5. The lowest BCUT2D eigenvalue weighted by atomic mass is 10.1. The molecule has 2 aromatic heterocycles. The van der Waals surface area contributed by atoms with Crippen LogP contribution in [-0.4, -0.2) is 63.1 Å². The normalized spacial score (nSPS) is 17.7. The summed E-state index contributed by atoms with van der Waals surface area (Å²) in [6, 6.07) is 11.4. The number of rotatable bonds is 9. The summed E-state index contributed by atoms with van der Waals surface area (Å²) >= 11 is 0. The van der Waals surface area contributed by atoms with E-state index in [1.54, 1.807) is 10.8 Å². The molecule has 2 fully saturated rings. The van der Waals surface area contributed by atoms with E-state index in [1.807, 2.05) is 6.07 Å². The van der Waals surface area contributed by atoms with E-state index in [4.69, 9.17) is 5.73 Å². The Morgan fingerprint density at radius 2 is 1.67 bits per heavy atom. The lowest BCUT2D eigenvalue weighted by Crippen LogP contribution is -2.49. The molecule has 0 atom stereocenters. The van der Waals surface area contributed by atoms with Crippen molar-refractivity contribution >= 4 is 22.7 Å². The maximum absolute atomic E-state index is 13.3. The minimum absolute atomic E-state index is 0.101. The molecule has 1 saturated heterocycles. The summed E-state index contributed by atoms with van der Waals surface area (Å²) in [6.07, 6.45) is 9.44. The number of anilines is 2. The smallest absolute Gasteiger partial charge is 0.264 e. The highest BCUT2D eigenvalue weighted by atomic mass is 16.1. The van der Waals surface area contributed by atoms with Crippen LogP contribution in [0.5, 0.6) is 0 Å². The molecule has 0 amide bonds. The molecule has 192 valence electrons. The van der Waals surface area contributed by atoms with Gasteiger partial charge in [0.1, 0.15) is 11.2 Å². The average Bonchev–Trinajstić information content (AvgIpc) is 3.42. The summed E-state index contributed by atoms with van der Waals surface area (Å²) in [6.45, 7) is 9.04. The van der Waals surface area contributed by atoms with Gasteiger partial charge >= 0.3 is 0 Å². The maximum Gasteiger partial charge on any atom is 0.264 e. The van der Waals surface area contributed by atoms with Crippen molar-refractivity contribution in [3.05, 3.63) is 58.0 Å². The van der Waals surface area contributed by atoms with Crippen LogP contribution in [0.15, 0.2) is 41.3 Å². The second-order valence-corrected chi connectivity index (χ2v) is 10.3. The molecular formula is C28H39N7O. The fourth-order valence-electron chi connectivity index (χ4n) is 5.60. The molecule has 0 spiro atoms. The van der Waals surface area contributed by atoms with Gasteiger partial charge in [0, 0.05) is 51.5 Å². The Morgan fingerprint density at radius 3 is 2.36 bits per heavy atom. The quantitative estimate of drug-likeness (QED) is 0.443. The molecule has 1 aliphatic carbocycles. The summed E-state index contributed by atoms with van der Waals surface area (Å²) in [5, 5.41) is 3.77.